The number of hydrogen-bond acceptors (Lipinski definition) is 4. The lowest BCUT2D eigenvalue weighted by molar-refractivity contribution is 0.0230. The van der Waals surface area contributed by atoms with Crippen LogP contribution in [0.15, 0.2) is 41.0 Å². The molecule has 1 aromatic heterocycles. The van der Waals surface area contributed by atoms with Crippen molar-refractivity contribution < 1.29 is 13.9 Å². The summed E-state index contributed by atoms with van der Waals surface area (Å²) < 4.78 is 20.1. The number of nitrogens with zero attached hydrogens (tertiary/aromatic N) is 3. The highest BCUT2D eigenvalue weighted by atomic mass is 79.9. The minimum absolute atomic E-state index is 0.0152. The molecule has 2 heterocycles. The average molecular weight is 471 g/mol. The summed E-state index contributed by atoms with van der Waals surface area (Å²) >= 11 is 9.42. The van der Waals surface area contributed by atoms with Gasteiger partial charge in [-0.1, -0.05) is 11.6 Å². The zero-order valence-electron chi connectivity index (χ0n) is 16.0. The molecular formula is C20H22BrClFN3O2. The number of carbonyl (C=O) groups excluding carboxylic acids is 1. The van der Waals surface area contributed by atoms with Crippen LogP contribution in [0.2, 0.25) is 5.02 Å². The summed E-state index contributed by atoms with van der Waals surface area (Å²) in [4.78, 5) is 20.8. The standard InChI is InChI=1S/C20H22BrClFN3O2/c1-20(2,3)28-19(27)25-10-4-5-18(25)26(17-9-6-13(21)12-24-17)14-7-8-16(23)15(22)11-14/h6-9,11-12,18H,4-5,10H2,1-3H3/t18-/m1/s1. The van der Waals surface area contributed by atoms with Crippen molar-refractivity contribution in [3.8, 4) is 0 Å². The minimum Gasteiger partial charge on any atom is -0.444 e. The van der Waals surface area contributed by atoms with Crippen LogP contribution in [0.1, 0.15) is 33.6 Å². The number of benzene rings is 1. The van der Waals surface area contributed by atoms with E-state index in [1.165, 1.54) is 6.07 Å². The normalized spacial score (nSPS) is 16.9. The minimum atomic E-state index is -0.593. The van der Waals surface area contributed by atoms with Crippen LogP contribution in [-0.2, 0) is 4.74 Å². The van der Waals surface area contributed by atoms with Crippen LogP contribution in [0.4, 0.5) is 20.7 Å². The number of halogens is 3. The van der Waals surface area contributed by atoms with E-state index in [0.29, 0.717) is 18.1 Å². The molecule has 3 rings (SSSR count). The fourth-order valence-electron chi connectivity index (χ4n) is 3.15. The molecule has 0 radical (unpaired) electrons. The Hall–Kier alpha value is -1.86. The SMILES string of the molecule is CC(C)(C)OC(=O)N1CCC[C@H]1N(c1ccc(F)c(Cl)c1)c1ccc(Br)cn1. The topological polar surface area (TPSA) is 45.7 Å². The second-order valence-corrected chi connectivity index (χ2v) is 8.92. The second-order valence-electron chi connectivity index (χ2n) is 7.60. The maximum atomic E-state index is 13.7. The third-order valence-corrected chi connectivity index (χ3v) is 5.05. The quantitative estimate of drug-likeness (QED) is 0.541. The van der Waals surface area contributed by atoms with Crippen LogP contribution < -0.4 is 4.90 Å². The van der Waals surface area contributed by atoms with Crippen LogP contribution in [0.3, 0.4) is 0 Å². The van der Waals surface area contributed by atoms with E-state index in [-0.39, 0.29) is 17.3 Å². The highest BCUT2D eigenvalue weighted by Gasteiger charge is 2.37. The number of hydrogen-bond donors (Lipinski definition) is 0. The van der Waals surface area contributed by atoms with Gasteiger partial charge in [0.15, 0.2) is 0 Å². The van der Waals surface area contributed by atoms with E-state index in [4.69, 9.17) is 16.3 Å². The lowest BCUT2D eigenvalue weighted by Crippen LogP contribution is -2.47. The summed E-state index contributed by atoms with van der Waals surface area (Å²) in [5.41, 5.74) is 0.0612. The molecular weight excluding hydrogens is 449 g/mol. The molecule has 0 saturated carbocycles. The summed E-state index contributed by atoms with van der Waals surface area (Å²) in [5, 5.41) is 0.0152. The maximum absolute atomic E-state index is 13.7. The summed E-state index contributed by atoms with van der Waals surface area (Å²) in [5.74, 6) is 0.135. The number of ether oxygens (including phenoxy) is 1. The summed E-state index contributed by atoms with van der Waals surface area (Å²) in [6, 6.07) is 8.21. The van der Waals surface area contributed by atoms with E-state index in [1.54, 1.807) is 23.2 Å². The first-order chi connectivity index (χ1) is 13.2. The molecule has 1 aromatic carbocycles. The number of anilines is 2. The molecule has 2 aromatic rings. The lowest BCUT2D eigenvalue weighted by atomic mass is 10.2. The lowest BCUT2D eigenvalue weighted by Gasteiger charge is -2.36. The fraction of sp³-hybridized carbons (Fsp3) is 0.400. The average Bonchev–Trinajstić information content (AvgIpc) is 3.08. The fourth-order valence-corrected chi connectivity index (χ4v) is 3.56. The molecule has 1 aliphatic heterocycles. The van der Waals surface area contributed by atoms with Crippen LogP contribution in [0.25, 0.3) is 0 Å². The number of carbonyl (C=O) groups is 1. The third-order valence-electron chi connectivity index (χ3n) is 4.29. The van der Waals surface area contributed by atoms with Gasteiger partial charge in [0, 0.05) is 22.9 Å². The molecule has 1 amide bonds. The van der Waals surface area contributed by atoms with Gasteiger partial charge in [-0.05, 0) is 79.9 Å². The molecule has 0 unspecified atom stereocenters. The molecule has 0 aliphatic carbocycles. The van der Waals surface area contributed by atoms with Gasteiger partial charge in [0.25, 0.3) is 0 Å². The summed E-state index contributed by atoms with van der Waals surface area (Å²) in [7, 11) is 0. The molecule has 5 nitrogen and oxygen atoms in total. The zero-order chi connectivity index (χ0) is 20.5. The molecule has 0 spiro atoms. The molecule has 8 heteroatoms. The Morgan fingerprint density at radius 1 is 1.36 bits per heavy atom. The Balaban J connectivity index is 2.01. The van der Waals surface area contributed by atoms with Crippen molar-refractivity contribution >= 4 is 45.1 Å². The molecule has 1 atom stereocenters. The molecule has 0 N–H and O–H groups in total. The molecule has 28 heavy (non-hydrogen) atoms. The van der Waals surface area contributed by atoms with Crippen LogP contribution >= 0.6 is 27.5 Å². The third kappa shape index (κ3) is 4.75. The van der Waals surface area contributed by atoms with Gasteiger partial charge in [-0.15, -0.1) is 0 Å². The van der Waals surface area contributed by atoms with Gasteiger partial charge >= 0.3 is 6.09 Å². The van der Waals surface area contributed by atoms with Gasteiger partial charge in [-0.3, -0.25) is 4.90 Å². The number of likely N-dealkylation sites (tertiary alicyclic amines) is 1. The van der Waals surface area contributed by atoms with E-state index in [2.05, 4.69) is 20.9 Å². The monoisotopic (exact) mass is 469 g/mol. The Labute approximate surface area is 177 Å². The van der Waals surface area contributed by atoms with Crippen LogP contribution in [0, 0.1) is 5.82 Å². The first-order valence-electron chi connectivity index (χ1n) is 9.01. The largest absolute Gasteiger partial charge is 0.444 e. The Morgan fingerprint density at radius 3 is 2.71 bits per heavy atom. The zero-order valence-corrected chi connectivity index (χ0v) is 18.3. The van der Waals surface area contributed by atoms with Crippen molar-refractivity contribution in [1.29, 1.82) is 0 Å². The number of aromatic nitrogens is 1. The van der Waals surface area contributed by atoms with Gasteiger partial charge in [-0.2, -0.15) is 0 Å². The van der Waals surface area contributed by atoms with Crippen LogP contribution in [-0.4, -0.2) is 34.3 Å². The maximum Gasteiger partial charge on any atom is 0.411 e. The van der Waals surface area contributed by atoms with E-state index in [9.17, 15) is 9.18 Å². The molecule has 1 fully saturated rings. The van der Waals surface area contributed by atoms with E-state index in [0.717, 1.165) is 17.3 Å². The molecule has 0 bridgehead atoms. The van der Waals surface area contributed by atoms with Gasteiger partial charge in [0.05, 0.1) is 5.02 Å². The van der Waals surface area contributed by atoms with E-state index >= 15 is 0 Å². The van der Waals surface area contributed by atoms with Crippen molar-refractivity contribution in [1.82, 2.24) is 9.88 Å². The first kappa shape index (κ1) is 20.9. The summed E-state index contributed by atoms with van der Waals surface area (Å²) in [6.45, 7) is 6.08. The second kappa shape index (κ2) is 8.25. The smallest absolute Gasteiger partial charge is 0.411 e. The van der Waals surface area contributed by atoms with Crippen molar-refractivity contribution in [2.45, 2.75) is 45.4 Å². The van der Waals surface area contributed by atoms with Gasteiger partial charge in [-0.25, -0.2) is 14.2 Å². The Kier molecular flexibility index (Phi) is 6.15. The molecule has 1 saturated heterocycles. The number of rotatable bonds is 3. The predicted octanol–water partition coefficient (Wildman–Crippen LogP) is 6.13. The van der Waals surface area contributed by atoms with Crippen molar-refractivity contribution in [2.75, 3.05) is 11.4 Å². The van der Waals surface area contributed by atoms with E-state index < -0.39 is 11.4 Å². The number of pyridine rings is 1. The van der Waals surface area contributed by atoms with E-state index in [1.807, 2.05) is 37.8 Å². The summed E-state index contributed by atoms with van der Waals surface area (Å²) in [6.07, 6.45) is 2.54. The van der Waals surface area contributed by atoms with Gasteiger partial charge in [0.1, 0.15) is 23.4 Å². The molecule has 150 valence electrons. The molecule has 1 aliphatic rings. The highest BCUT2D eigenvalue weighted by Crippen LogP contribution is 2.35. The first-order valence-corrected chi connectivity index (χ1v) is 10.2. The Bertz CT molecular complexity index is 858. The van der Waals surface area contributed by atoms with Crippen molar-refractivity contribution in [3.05, 3.63) is 51.8 Å². The Morgan fingerprint density at radius 2 is 2.11 bits per heavy atom. The predicted molar refractivity (Wildman–Crippen MR) is 111 cm³/mol. The number of amides is 1. The van der Waals surface area contributed by atoms with Crippen molar-refractivity contribution in [3.63, 3.8) is 0 Å². The van der Waals surface area contributed by atoms with Gasteiger partial charge in [0.2, 0.25) is 0 Å². The van der Waals surface area contributed by atoms with Crippen LogP contribution in [0.5, 0.6) is 0 Å². The van der Waals surface area contributed by atoms with Gasteiger partial charge < -0.3 is 9.64 Å². The van der Waals surface area contributed by atoms with Crippen molar-refractivity contribution in [2.24, 2.45) is 0 Å². The highest BCUT2D eigenvalue weighted by molar-refractivity contribution is 9.10.